The summed E-state index contributed by atoms with van der Waals surface area (Å²) in [4.78, 5) is 34.7. The van der Waals surface area contributed by atoms with Gasteiger partial charge in [0.15, 0.2) is 5.76 Å². The average Bonchev–Trinajstić information content (AvgIpc) is 3.31. The van der Waals surface area contributed by atoms with Gasteiger partial charge in [-0.25, -0.2) is 4.79 Å². The van der Waals surface area contributed by atoms with E-state index in [9.17, 15) is 33.6 Å². The van der Waals surface area contributed by atoms with Crippen molar-refractivity contribution in [3.8, 4) is 0 Å². The van der Waals surface area contributed by atoms with E-state index in [0.29, 0.717) is 12.8 Å². The van der Waals surface area contributed by atoms with Gasteiger partial charge in [-0.3, -0.25) is 19.1 Å². The van der Waals surface area contributed by atoms with Gasteiger partial charge in [0.05, 0.1) is 4.92 Å². The van der Waals surface area contributed by atoms with Gasteiger partial charge in [0.25, 0.3) is 5.69 Å². The van der Waals surface area contributed by atoms with Gasteiger partial charge in [0.2, 0.25) is 11.5 Å². The van der Waals surface area contributed by atoms with E-state index in [2.05, 4.69) is 5.16 Å². The molecule has 0 bridgehead atoms. The fourth-order valence-electron chi connectivity index (χ4n) is 2.57. The zero-order valence-corrected chi connectivity index (χ0v) is 13.9. The summed E-state index contributed by atoms with van der Waals surface area (Å²) in [5.74, 6) is -2.87. The maximum Gasteiger partial charge on any atom is 0.358 e. The number of hydrogen-bond donors (Lipinski definition) is 1. The molecule has 10 nitrogen and oxygen atoms in total. The first-order valence-electron chi connectivity index (χ1n) is 7.40. The molecule has 3 rings (SSSR count). The monoisotopic (exact) mass is 379 g/mol. The molecule has 26 heavy (non-hydrogen) atoms. The predicted octanol–water partition coefficient (Wildman–Crippen LogP) is 1.77. The van der Waals surface area contributed by atoms with Crippen LogP contribution in [0.5, 0.6) is 0 Å². The second kappa shape index (κ2) is 6.77. The number of aromatic carboxylic acids is 1. The van der Waals surface area contributed by atoms with Crippen LogP contribution in [-0.4, -0.2) is 35.7 Å². The van der Waals surface area contributed by atoms with Crippen molar-refractivity contribution in [3.63, 3.8) is 0 Å². The van der Waals surface area contributed by atoms with Gasteiger partial charge in [0, 0.05) is 17.7 Å². The fourth-order valence-corrected chi connectivity index (χ4v) is 3.02. The predicted molar refractivity (Wildman–Crippen MR) is 84.6 cm³/mol. The molecule has 0 saturated heterocycles. The van der Waals surface area contributed by atoms with Crippen LogP contribution < -0.4 is 0 Å². The molecule has 1 aliphatic rings. The van der Waals surface area contributed by atoms with Gasteiger partial charge in [-0.2, -0.15) is 0 Å². The van der Waals surface area contributed by atoms with Crippen molar-refractivity contribution >= 4 is 28.5 Å². The fraction of sp³-hybridized carbons (Fsp3) is 0.267. The van der Waals surface area contributed by atoms with Crippen LogP contribution in [0.15, 0.2) is 22.7 Å². The van der Waals surface area contributed by atoms with Crippen LogP contribution in [0.2, 0.25) is 0 Å². The summed E-state index contributed by atoms with van der Waals surface area (Å²) in [5.41, 5.74) is -1.74. The van der Waals surface area contributed by atoms with Crippen LogP contribution in [0.3, 0.4) is 0 Å². The molecule has 1 heterocycles. The molecule has 1 unspecified atom stereocenters. The Bertz CT molecular complexity index is 947. The molecule has 0 amide bonds. The summed E-state index contributed by atoms with van der Waals surface area (Å²) in [6.45, 7) is 0. The highest BCUT2D eigenvalue weighted by molar-refractivity contribution is 7.78. The third kappa shape index (κ3) is 3.39. The highest BCUT2D eigenvalue weighted by Crippen LogP contribution is 2.43. The lowest BCUT2D eigenvalue weighted by Gasteiger charge is -2.07. The molecule has 1 aromatic heterocycles. The lowest BCUT2D eigenvalue weighted by molar-refractivity contribution is -0.385. The minimum absolute atomic E-state index is 0.103. The standard InChI is InChI=1S/C15H12N2O8S/c18-13(11-12(15(19)20)16-25-14(11)8-2-3-8)9-4-1-7(6-26(23)24)5-10(9)17(21)22/h1,4-5,8H,2-3,6H2,(H,19,20)(H,23,24)/p-1. The molecule has 1 N–H and O–H groups in total. The van der Waals surface area contributed by atoms with E-state index in [1.807, 2.05) is 0 Å². The Morgan fingerprint density at radius 2 is 2.08 bits per heavy atom. The van der Waals surface area contributed by atoms with Crippen molar-refractivity contribution in [2.24, 2.45) is 0 Å². The molecule has 1 fully saturated rings. The second-order valence-corrected chi connectivity index (χ2v) is 6.63. The van der Waals surface area contributed by atoms with E-state index >= 15 is 0 Å². The van der Waals surface area contributed by atoms with Crippen molar-refractivity contribution < 1.29 is 32.9 Å². The number of nitrogens with zero attached hydrogens (tertiary/aromatic N) is 2. The number of hydrogen-bond acceptors (Lipinski definition) is 8. The second-order valence-electron chi connectivity index (χ2n) is 5.74. The third-order valence-electron chi connectivity index (χ3n) is 3.88. The zero-order valence-electron chi connectivity index (χ0n) is 13.0. The van der Waals surface area contributed by atoms with E-state index in [-0.39, 0.29) is 28.4 Å². The topological polar surface area (TPSA) is 164 Å². The van der Waals surface area contributed by atoms with Gasteiger partial charge in [-0.05, 0) is 24.5 Å². The quantitative estimate of drug-likeness (QED) is 0.326. The molecule has 2 aromatic rings. The number of nitro groups is 1. The van der Waals surface area contributed by atoms with Crippen LogP contribution in [0.25, 0.3) is 0 Å². The number of benzene rings is 1. The van der Waals surface area contributed by atoms with Crippen molar-refractivity contribution in [1.29, 1.82) is 0 Å². The number of carbonyl (C=O) groups excluding carboxylic acids is 1. The van der Waals surface area contributed by atoms with Crippen molar-refractivity contribution in [3.05, 3.63) is 56.5 Å². The maximum atomic E-state index is 12.9. The molecule has 1 saturated carbocycles. The summed E-state index contributed by atoms with van der Waals surface area (Å²) < 4.78 is 26.6. The number of carboxylic acid groups (broad SMARTS) is 1. The van der Waals surface area contributed by atoms with Crippen molar-refractivity contribution in [1.82, 2.24) is 5.16 Å². The smallest absolute Gasteiger partial charge is 0.358 e. The number of carboxylic acids is 1. The molecular formula is C15H11N2O8S-. The Labute approximate surface area is 148 Å². The lowest BCUT2D eigenvalue weighted by atomic mass is 9.97. The highest BCUT2D eigenvalue weighted by atomic mass is 32.2. The van der Waals surface area contributed by atoms with Crippen LogP contribution in [0.4, 0.5) is 5.69 Å². The number of nitro benzene ring substituents is 1. The Balaban J connectivity index is 2.11. The first kappa shape index (κ1) is 17.9. The molecule has 0 aliphatic heterocycles. The van der Waals surface area contributed by atoms with Crippen molar-refractivity contribution in [2.45, 2.75) is 24.5 Å². The van der Waals surface area contributed by atoms with Crippen LogP contribution >= 0.6 is 0 Å². The van der Waals surface area contributed by atoms with Crippen LogP contribution in [0, 0.1) is 10.1 Å². The van der Waals surface area contributed by atoms with E-state index in [4.69, 9.17) is 4.52 Å². The Morgan fingerprint density at radius 3 is 2.62 bits per heavy atom. The van der Waals surface area contributed by atoms with Crippen molar-refractivity contribution in [2.75, 3.05) is 0 Å². The van der Waals surface area contributed by atoms with E-state index in [1.165, 1.54) is 6.07 Å². The summed E-state index contributed by atoms with van der Waals surface area (Å²) in [7, 11) is 0. The number of carbonyl (C=O) groups is 2. The van der Waals surface area contributed by atoms with E-state index < -0.39 is 44.9 Å². The molecule has 11 heteroatoms. The Morgan fingerprint density at radius 1 is 1.38 bits per heavy atom. The SMILES string of the molecule is O=C(O)c1noc(C2CC2)c1C(=O)c1ccc(CS(=O)[O-])cc1[N+](=O)[O-]. The molecule has 1 aliphatic carbocycles. The summed E-state index contributed by atoms with van der Waals surface area (Å²) in [6.07, 6.45) is 1.40. The van der Waals surface area contributed by atoms with Gasteiger partial charge in [0.1, 0.15) is 11.1 Å². The maximum absolute atomic E-state index is 12.9. The first-order chi connectivity index (χ1) is 12.3. The third-order valence-corrected chi connectivity index (χ3v) is 4.45. The minimum atomic E-state index is -2.46. The Hall–Kier alpha value is -2.92. The summed E-state index contributed by atoms with van der Waals surface area (Å²) >= 11 is -2.46. The first-order valence-corrected chi connectivity index (χ1v) is 8.64. The molecule has 0 spiro atoms. The van der Waals surface area contributed by atoms with Crippen LogP contribution in [0.1, 0.15) is 56.5 Å². The normalized spacial score (nSPS) is 14.8. The molecule has 136 valence electrons. The molecule has 0 radical (unpaired) electrons. The average molecular weight is 379 g/mol. The Kier molecular flexibility index (Phi) is 4.66. The van der Waals surface area contributed by atoms with Gasteiger partial charge in [-0.1, -0.05) is 22.3 Å². The van der Waals surface area contributed by atoms with Gasteiger partial charge >= 0.3 is 5.97 Å². The van der Waals surface area contributed by atoms with Gasteiger partial charge < -0.3 is 14.2 Å². The zero-order chi connectivity index (χ0) is 19.0. The van der Waals surface area contributed by atoms with Crippen LogP contribution in [-0.2, 0) is 16.8 Å². The van der Waals surface area contributed by atoms with Gasteiger partial charge in [-0.15, -0.1) is 0 Å². The number of rotatable bonds is 7. The molecular weight excluding hydrogens is 368 g/mol. The van der Waals surface area contributed by atoms with E-state index in [0.717, 1.165) is 12.1 Å². The number of ketones is 1. The molecule has 1 aromatic carbocycles. The summed E-state index contributed by atoms with van der Waals surface area (Å²) in [5, 5.41) is 24.0. The molecule has 1 atom stereocenters. The largest absolute Gasteiger partial charge is 0.772 e. The minimum Gasteiger partial charge on any atom is -0.772 e. The number of aromatic nitrogens is 1. The highest BCUT2D eigenvalue weighted by Gasteiger charge is 2.38. The van der Waals surface area contributed by atoms with E-state index in [1.54, 1.807) is 0 Å². The summed E-state index contributed by atoms with van der Waals surface area (Å²) in [6, 6.07) is 3.35. The lowest BCUT2D eigenvalue weighted by Crippen LogP contribution is -2.12.